The van der Waals surface area contributed by atoms with Crippen molar-refractivity contribution < 1.29 is 0 Å². The molecule has 9 aromatic rings. The van der Waals surface area contributed by atoms with Crippen LogP contribution in [0.4, 0.5) is 0 Å². The Kier molecular flexibility index (Phi) is 6.63. The summed E-state index contributed by atoms with van der Waals surface area (Å²) in [6, 6.07) is 67.4. The van der Waals surface area contributed by atoms with Crippen molar-refractivity contribution in [1.82, 2.24) is 0 Å². The highest BCUT2D eigenvalue weighted by Gasteiger charge is 2.36. The van der Waals surface area contributed by atoms with E-state index in [2.05, 4.69) is 196 Å². The molecule has 0 heterocycles. The lowest BCUT2D eigenvalue weighted by Gasteiger charge is -2.23. The highest BCUT2D eigenvalue weighted by atomic mass is 14.4. The fraction of sp³-hybridized carbons (Fsp3) is 0.0588. The molecule has 9 aromatic carbocycles. The average molecular weight is 649 g/mol. The van der Waals surface area contributed by atoms with Crippen molar-refractivity contribution >= 4 is 32.3 Å². The number of hydrogen-bond acceptors (Lipinski definition) is 0. The lowest BCUT2D eigenvalue weighted by molar-refractivity contribution is 0.661. The second-order valence-corrected chi connectivity index (χ2v) is 14.5. The van der Waals surface area contributed by atoms with Gasteiger partial charge in [0.05, 0.1) is 0 Å². The van der Waals surface area contributed by atoms with Gasteiger partial charge in [-0.3, -0.25) is 0 Å². The Balaban J connectivity index is 1.16. The first kappa shape index (κ1) is 29.7. The van der Waals surface area contributed by atoms with Gasteiger partial charge in [-0.1, -0.05) is 178 Å². The van der Waals surface area contributed by atoms with Gasteiger partial charge >= 0.3 is 0 Å². The topological polar surface area (TPSA) is 0 Å². The van der Waals surface area contributed by atoms with E-state index < -0.39 is 0 Å². The van der Waals surface area contributed by atoms with Crippen LogP contribution in [-0.2, 0) is 5.41 Å². The van der Waals surface area contributed by atoms with Crippen molar-refractivity contribution in [2.45, 2.75) is 19.3 Å². The average Bonchev–Trinajstić information content (AvgIpc) is 3.41. The first-order chi connectivity index (χ1) is 25.1. The largest absolute Gasteiger partial charge is 0.0622 e. The van der Waals surface area contributed by atoms with Gasteiger partial charge in [0.25, 0.3) is 0 Å². The van der Waals surface area contributed by atoms with Gasteiger partial charge in [-0.2, -0.15) is 0 Å². The Bertz CT molecular complexity index is 2760. The van der Waals surface area contributed by atoms with E-state index >= 15 is 0 Å². The molecule has 0 spiro atoms. The third-order valence-electron chi connectivity index (χ3n) is 11.3. The van der Waals surface area contributed by atoms with Crippen LogP contribution in [0.15, 0.2) is 182 Å². The lowest BCUT2D eigenvalue weighted by atomic mass is 9.80. The Labute approximate surface area is 299 Å². The molecule has 0 nitrogen and oxygen atoms in total. The quantitative estimate of drug-likeness (QED) is 0.167. The van der Waals surface area contributed by atoms with Crippen molar-refractivity contribution in [3.8, 4) is 55.6 Å². The van der Waals surface area contributed by atoms with Crippen LogP contribution < -0.4 is 0 Å². The monoisotopic (exact) mass is 648 g/mol. The second-order valence-electron chi connectivity index (χ2n) is 14.5. The molecular weight excluding hydrogens is 613 g/mol. The van der Waals surface area contributed by atoms with Crippen LogP contribution in [0.1, 0.15) is 25.0 Å². The van der Waals surface area contributed by atoms with Gasteiger partial charge in [-0.05, 0) is 117 Å². The normalized spacial score (nSPS) is 13.1. The Morgan fingerprint density at radius 3 is 1.45 bits per heavy atom. The SMILES string of the molecule is CC1(C)c2cc(-c3ccccc3)ccc2-c2ccc(-c3ccccc3-c3c4ccccc4c(-c4ccc5ccccc5c4)c4ccccc34)cc21. The molecule has 0 aliphatic heterocycles. The van der Waals surface area contributed by atoms with E-state index in [1.54, 1.807) is 0 Å². The minimum Gasteiger partial charge on any atom is -0.0622 e. The van der Waals surface area contributed by atoms with Gasteiger partial charge in [-0.15, -0.1) is 0 Å². The maximum atomic E-state index is 2.46. The van der Waals surface area contributed by atoms with Crippen LogP contribution in [0.5, 0.6) is 0 Å². The zero-order valence-electron chi connectivity index (χ0n) is 28.8. The van der Waals surface area contributed by atoms with Gasteiger partial charge in [-0.25, -0.2) is 0 Å². The Morgan fingerprint density at radius 1 is 0.294 bits per heavy atom. The summed E-state index contributed by atoms with van der Waals surface area (Å²) in [5, 5.41) is 7.61. The predicted octanol–water partition coefficient (Wildman–Crippen LogP) is 14.1. The van der Waals surface area contributed by atoms with E-state index in [1.165, 1.54) is 99.1 Å². The molecular formula is C51H36. The molecule has 1 aliphatic carbocycles. The first-order valence-electron chi connectivity index (χ1n) is 17.9. The number of fused-ring (bicyclic) bond motifs is 6. The third-order valence-corrected chi connectivity index (χ3v) is 11.3. The van der Waals surface area contributed by atoms with Gasteiger partial charge in [0, 0.05) is 5.41 Å². The minimum atomic E-state index is -0.124. The minimum absolute atomic E-state index is 0.124. The van der Waals surface area contributed by atoms with E-state index in [9.17, 15) is 0 Å². The molecule has 0 atom stereocenters. The molecule has 0 saturated carbocycles. The zero-order chi connectivity index (χ0) is 34.1. The van der Waals surface area contributed by atoms with Crippen LogP contribution in [0.2, 0.25) is 0 Å². The first-order valence-corrected chi connectivity index (χ1v) is 17.9. The molecule has 0 fully saturated rings. The summed E-state index contributed by atoms with van der Waals surface area (Å²) < 4.78 is 0. The molecule has 0 aromatic heterocycles. The van der Waals surface area contributed by atoms with E-state index in [0.717, 1.165) is 0 Å². The molecule has 240 valence electrons. The maximum absolute atomic E-state index is 2.46. The molecule has 0 N–H and O–H groups in total. The van der Waals surface area contributed by atoms with E-state index in [0.29, 0.717) is 0 Å². The molecule has 0 radical (unpaired) electrons. The summed E-state index contributed by atoms with van der Waals surface area (Å²) in [4.78, 5) is 0. The molecule has 0 saturated heterocycles. The molecule has 0 unspecified atom stereocenters. The predicted molar refractivity (Wildman–Crippen MR) is 218 cm³/mol. The standard InChI is InChI=1S/C51H36/c1-51(2)47-31-36(33-14-4-3-5-15-33)26-28-40(47)41-29-27-37(32-48(41)51)39-18-8-9-19-42(39)50-45-22-12-10-20-43(45)49(44-21-11-13-23-46(44)50)38-25-24-34-16-6-7-17-35(34)30-38/h3-32H,1-2H3. The second kappa shape index (κ2) is 11.4. The molecule has 0 bridgehead atoms. The summed E-state index contributed by atoms with van der Waals surface area (Å²) >= 11 is 0. The smallest absolute Gasteiger partial charge is 0.0159 e. The van der Waals surface area contributed by atoms with Crippen LogP contribution in [0, 0.1) is 0 Å². The van der Waals surface area contributed by atoms with Crippen molar-refractivity contribution in [3.05, 3.63) is 193 Å². The summed E-state index contributed by atoms with van der Waals surface area (Å²) in [7, 11) is 0. The maximum Gasteiger partial charge on any atom is 0.0159 e. The summed E-state index contributed by atoms with van der Waals surface area (Å²) in [6.07, 6.45) is 0. The van der Waals surface area contributed by atoms with Gasteiger partial charge in [0.2, 0.25) is 0 Å². The van der Waals surface area contributed by atoms with Crippen molar-refractivity contribution in [3.63, 3.8) is 0 Å². The third kappa shape index (κ3) is 4.60. The number of rotatable bonds is 4. The van der Waals surface area contributed by atoms with Gasteiger partial charge in [0.1, 0.15) is 0 Å². The molecule has 0 heteroatoms. The molecule has 51 heavy (non-hydrogen) atoms. The summed E-state index contributed by atoms with van der Waals surface area (Å²) in [5.74, 6) is 0. The zero-order valence-corrected chi connectivity index (χ0v) is 28.8. The van der Waals surface area contributed by atoms with Gasteiger partial charge in [0.15, 0.2) is 0 Å². The number of hydrogen-bond donors (Lipinski definition) is 0. The van der Waals surface area contributed by atoms with Crippen LogP contribution in [0.25, 0.3) is 88.0 Å². The van der Waals surface area contributed by atoms with Crippen LogP contribution in [0.3, 0.4) is 0 Å². The molecule has 1 aliphatic rings. The van der Waals surface area contributed by atoms with Crippen LogP contribution >= 0.6 is 0 Å². The summed E-state index contributed by atoms with van der Waals surface area (Å²) in [6.45, 7) is 4.77. The van der Waals surface area contributed by atoms with Gasteiger partial charge < -0.3 is 0 Å². The van der Waals surface area contributed by atoms with Crippen molar-refractivity contribution in [2.24, 2.45) is 0 Å². The Hall–Kier alpha value is -6.24. The highest BCUT2D eigenvalue weighted by Crippen LogP contribution is 2.52. The number of benzene rings is 9. The Morgan fingerprint density at radius 2 is 0.784 bits per heavy atom. The molecule has 10 rings (SSSR count). The van der Waals surface area contributed by atoms with E-state index in [1.807, 2.05) is 0 Å². The fourth-order valence-corrected chi connectivity index (χ4v) is 8.74. The van der Waals surface area contributed by atoms with E-state index in [4.69, 9.17) is 0 Å². The van der Waals surface area contributed by atoms with Crippen molar-refractivity contribution in [2.75, 3.05) is 0 Å². The highest BCUT2D eigenvalue weighted by molar-refractivity contribution is 6.22. The summed E-state index contributed by atoms with van der Waals surface area (Å²) in [5.41, 5.74) is 15.5. The molecule has 0 amide bonds. The van der Waals surface area contributed by atoms with E-state index in [-0.39, 0.29) is 5.41 Å². The fourth-order valence-electron chi connectivity index (χ4n) is 8.74. The lowest BCUT2D eigenvalue weighted by Crippen LogP contribution is -2.15. The van der Waals surface area contributed by atoms with Crippen molar-refractivity contribution in [1.29, 1.82) is 0 Å². The van der Waals surface area contributed by atoms with Crippen LogP contribution in [-0.4, -0.2) is 0 Å².